The van der Waals surface area contributed by atoms with Gasteiger partial charge in [-0.25, -0.2) is 0 Å². The fourth-order valence-corrected chi connectivity index (χ4v) is 1.86. The number of nitrogens with one attached hydrogen (secondary N) is 1. The maximum atomic E-state index is 12.1. The van der Waals surface area contributed by atoms with Gasteiger partial charge in [-0.2, -0.15) is 10.2 Å². The molecule has 0 aromatic carbocycles. The maximum Gasteiger partial charge on any atom is 0.253 e. The van der Waals surface area contributed by atoms with Crippen LogP contribution in [0.1, 0.15) is 48.4 Å². The molecule has 0 unspecified atom stereocenters. The summed E-state index contributed by atoms with van der Waals surface area (Å²) in [6.45, 7) is 9.20. The van der Waals surface area contributed by atoms with Crippen LogP contribution in [0.2, 0.25) is 0 Å². The number of aromatic nitrogens is 2. The minimum absolute atomic E-state index is 0.0540. The first-order valence-corrected chi connectivity index (χ1v) is 6.65. The molecule has 0 saturated heterocycles. The zero-order valence-electron chi connectivity index (χ0n) is 12.3. The molecular weight excluding hydrogens is 240 g/mol. The summed E-state index contributed by atoms with van der Waals surface area (Å²) in [5.41, 5.74) is 7.57. The van der Waals surface area contributed by atoms with Crippen LogP contribution in [0.4, 0.5) is 0 Å². The third-order valence-corrected chi connectivity index (χ3v) is 3.13. The molecule has 3 N–H and O–H groups in total. The van der Waals surface area contributed by atoms with Crippen LogP contribution in [0.25, 0.3) is 0 Å². The smallest absolute Gasteiger partial charge is 0.253 e. The van der Waals surface area contributed by atoms with Crippen molar-refractivity contribution in [3.8, 4) is 0 Å². The Hall–Kier alpha value is -1.49. The standard InChI is InChI=1S/C14H24N4O/c1-10-8-12(11(2)18-17-10)13(19)16-9-14(3,4)6-5-7-15/h8H,5-7,9,15H2,1-4H3,(H,16,19). The summed E-state index contributed by atoms with van der Waals surface area (Å²) in [5, 5.41) is 10.9. The second-order valence-corrected chi connectivity index (χ2v) is 5.72. The highest BCUT2D eigenvalue weighted by Gasteiger charge is 2.19. The monoisotopic (exact) mass is 264 g/mol. The molecule has 0 atom stereocenters. The molecule has 19 heavy (non-hydrogen) atoms. The highest BCUT2D eigenvalue weighted by molar-refractivity contribution is 5.95. The average Bonchev–Trinajstić information content (AvgIpc) is 2.36. The van der Waals surface area contributed by atoms with Crippen LogP contribution in [0.3, 0.4) is 0 Å². The van der Waals surface area contributed by atoms with Crippen molar-refractivity contribution in [2.45, 2.75) is 40.5 Å². The summed E-state index contributed by atoms with van der Waals surface area (Å²) in [6.07, 6.45) is 1.97. The lowest BCUT2D eigenvalue weighted by molar-refractivity contribution is 0.0933. The number of aryl methyl sites for hydroxylation is 2. The maximum absolute atomic E-state index is 12.1. The van der Waals surface area contributed by atoms with Crippen molar-refractivity contribution < 1.29 is 4.79 Å². The first kappa shape index (κ1) is 15.6. The fourth-order valence-electron chi connectivity index (χ4n) is 1.86. The van der Waals surface area contributed by atoms with Crippen LogP contribution in [0.15, 0.2) is 6.07 Å². The molecule has 1 rings (SSSR count). The number of nitrogens with two attached hydrogens (primary N) is 1. The Labute approximate surface area is 115 Å². The van der Waals surface area contributed by atoms with Gasteiger partial charge in [0.15, 0.2) is 0 Å². The zero-order valence-corrected chi connectivity index (χ0v) is 12.3. The number of carbonyl (C=O) groups is 1. The van der Waals surface area contributed by atoms with Crippen LogP contribution >= 0.6 is 0 Å². The van der Waals surface area contributed by atoms with Gasteiger partial charge in [-0.15, -0.1) is 0 Å². The Morgan fingerprint density at radius 3 is 2.68 bits per heavy atom. The lowest BCUT2D eigenvalue weighted by Gasteiger charge is -2.24. The van der Waals surface area contributed by atoms with E-state index in [0.717, 1.165) is 18.5 Å². The Bertz CT molecular complexity index is 443. The van der Waals surface area contributed by atoms with Gasteiger partial charge < -0.3 is 11.1 Å². The second-order valence-electron chi connectivity index (χ2n) is 5.72. The normalized spacial score (nSPS) is 11.4. The van der Waals surface area contributed by atoms with Crippen molar-refractivity contribution in [1.29, 1.82) is 0 Å². The molecular formula is C14H24N4O. The summed E-state index contributed by atoms with van der Waals surface area (Å²) in [6, 6.07) is 1.77. The topological polar surface area (TPSA) is 80.9 Å². The fraction of sp³-hybridized carbons (Fsp3) is 0.643. The summed E-state index contributed by atoms with van der Waals surface area (Å²) < 4.78 is 0. The highest BCUT2D eigenvalue weighted by Crippen LogP contribution is 2.20. The van der Waals surface area contributed by atoms with E-state index in [2.05, 4.69) is 29.4 Å². The van der Waals surface area contributed by atoms with E-state index in [0.29, 0.717) is 24.3 Å². The molecule has 5 nitrogen and oxygen atoms in total. The molecule has 0 spiro atoms. The molecule has 1 heterocycles. The molecule has 1 amide bonds. The third-order valence-electron chi connectivity index (χ3n) is 3.13. The molecule has 106 valence electrons. The number of rotatable bonds is 6. The molecule has 1 aromatic rings. The van der Waals surface area contributed by atoms with Crippen molar-refractivity contribution >= 4 is 5.91 Å². The summed E-state index contributed by atoms with van der Waals surface area (Å²) in [4.78, 5) is 12.1. The number of carbonyl (C=O) groups excluding carboxylic acids is 1. The Morgan fingerprint density at radius 2 is 2.05 bits per heavy atom. The van der Waals surface area contributed by atoms with E-state index in [1.807, 2.05) is 6.92 Å². The van der Waals surface area contributed by atoms with Gasteiger partial charge in [0.1, 0.15) is 0 Å². The Balaban J connectivity index is 2.62. The van der Waals surface area contributed by atoms with E-state index < -0.39 is 0 Å². The number of amides is 1. The van der Waals surface area contributed by atoms with E-state index in [1.165, 1.54) is 0 Å². The van der Waals surface area contributed by atoms with E-state index in [9.17, 15) is 4.79 Å². The number of hydrogen-bond acceptors (Lipinski definition) is 4. The lowest BCUT2D eigenvalue weighted by Crippen LogP contribution is -2.34. The number of nitrogens with zero attached hydrogens (tertiary/aromatic N) is 2. The van der Waals surface area contributed by atoms with Crippen LogP contribution in [0.5, 0.6) is 0 Å². The van der Waals surface area contributed by atoms with Crippen LogP contribution in [0, 0.1) is 19.3 Å². The van der Waals surface area contributed by atoms with E-state index in [-0.39, 0.29) is 11.3 Å². The Morgan fingerprint density at radius 1 is 1.37 bits per heavy atom. The van der Waals surface area contributed by atoms with E-state index >= 15 is 0 Å². The predicted octanol–water partition coefficient (Wildman–Crippen LogP) is 1.59. The highest BCUT2D eigenvalue weighted by atomic mass is 16.1. The van der Waals surface area contributed by atoms with Gasteiger partial charge in [0.2, 0.25) is 0 Å². The first-order chi connectivity index (χ1) is 8.85. The zero-order chi connectivity index (χ0) is 14.5. The average molecular weight is 264 g/mol. The quantitative estimate of drug-likeness (QED) is 0.817. The second kappa shape index (κ2) is 6.61. The van der Waals surface area contributed by atoms with E-state index in [4.69, 9.17) is 5.73 Å². The number of hydrogen-bond donors (Lipinski definition) is 2. The molecule has 0 saturated carbocycles. The van der Waals surface area contributed by atoms with Crippen molar-refractivity contribution in [1.82, 2.24) is 15.5 Å². The van der Waals surface area contributed by atoms with Gasteiger partial charge in [-0.05, 0) is 44.7 Å². The van der Waals surface area contributed by atoms with Gasteiger partial charge in [0.25, 0.3) is 5.91 Å². The van der Waals surface area contributed by atoms with Gasteiger partial charge in [0, 0.05) is 6.54 Å². The lowest BCUT2D eigenvalue weighted by atomic mass is 9.87. The van der Waals surface area contributed by atoms with Gasteiger partial charge in [-0.1, -0.05) is 13.8 Å². The van der Waals surface area contributed by atoms with Crippen molar-refractivity contribution in [2.24, 2.45) is 11.1 Å². The molecule has 5 heteroatoms. The first-order valence-electron chi connectivity index (χ1n) is 6.65. The molecule has 0 aliphatic carbocycles. The Kier molecular flexibility index (Phi) is 5.42. The van der Waals surface area contributed by atoms with E-state index in [1.54, 1.807) is 13.0 Å². The van der Waals surface area contributed by atoms with Crippen molar-refractivity contribution in [3.63, 3.8) is 0 Å². The van der Waals surface area contributed by atoms with Crippen LogP contribution < -0.4 is 11.1 Å². The van der Waals surface area contributed by atoms with Gasteiger partial charge in [0.05, 0.1) is 17.0 Å². The predicted molar refractivity (Wildman–Crippen MR) is 75.9 cm³/mol. The summed E-state index contributed by atoms with van der Waals surface area (Å²) in [5.74, 6) is -0.0867. The van der Waals surface area contributed by atoms with Crippen LogP contribution in [-0.4, -0.2) is 29.2 Å². The van der Waals surface area contributed by atoms with Gasteiger partial charge in [-0.3, -0.25) is 4.79 Å². The van der Waals surface area contributed by atoms with Gasteiger partial charge >= 0.3 is 0 Å². The molecule has 1 aromatic heterocycles. The largest absolute Gasteiger partial charge is 0.351 e. The van der Waals surface area contributed by atoms with Crippen molar-refractivity contribution in [2.75, 3.05) is 13.1 Å². The van der Waals surface area contributed by atoms with Crippen LogP contribution in [-0.2, 0) is 0 Å². The molecule has 0 aliphatic rings. The summed E-state index contributed by atoms with van der Waals surface area (Å²) in [7, 11) is 0. The third kappa shape index (κ3) is 4.95. The molecule has 0 bridgehead atoms. The molecule has 0 fully saturated rings. The minimum atomic E-state index is -0.0867. The van der Waals surface area contributed by atoms with Crippen molar-refractivity contribution in [3.05, 3.63) is 23.0 Å². The minimum Gasteiger partial charge on any atom is -0.351 e. The SMILES string of the molecule is Cc1cc(C(=O)NCC(C)(C)CCCN)c(C)nn1. The molecule has 0 radical (unpaired) electrons. The summed E-state index contributed by atoms with van der Waals surface area (Å²) >= 11 is 0. The molecule has 0 aliphatic heterocycles.